The van der Waals surface area contributed by atoms with Crippen molar-refractivity contribution in [2.24, 2.45) is 0 Å². The van der Waals surface area contributed by atoms with Gasteiger partial charge in [0, 0.05) is 10.7 Å². The van der Waals surface area contributed by atoms with Crippen LogP contribution in [-0.4, -0.2) is 31.0 Å². The lowest BCUT2D eigenvalue weighted by molar-refractivity contribution is -0.132. The molecule has 4 rings (SSSR count). The topological polar surface area (TPSA) is 76.1 Å². The molecule has 1 atom stereocenters. The molecule has 0 aliphatic carbocycles. The van der Waals surface area contributed by atoms with E-state index in [1.54, 1.807) is 36.4 Å². The number of methoxy groups -OCH3 is 2. The number of halogens is 2. The molecule has 1 amide bonds. The second-order valence-corrected chi connectivity index (χ2v) is 8.59. The van der Waals surface area contributed by atoms with Crippen molar-refractivity contribution < 1.29 is 24.2 Å². The van der Waals surface area contributed by atoms with E-state index in [0.717, 1.165) is 5.56 Å². The number of aliphatic hydroxyl groups excluding tert-OH is 1. The van der Waals surface area contributed by atoms with Crippen LogP contribution in [0.2, 0.25) is 10.0 Å². The normalized spacial score (nSPS) is 17.2. The number of aryl methyl sites for hydroxylation is 1. The van der Waals surface area contributed by atoms with Gasteiger partial charge in [0.25, 0.3) is 11.7 Å². The Labute approximate surface area is 206 Å². The minimum atomic E-state index is -0.909. The molecule has 1 saturated heterocycles. The standard InChI is InChI=1S/C26H21Cl2NO5/c1-14-5-4-6-15(11-14)23-22(24(30)18-12-16(27)7-9-20(18)33-2)25(31)26(32)29(23)17-8-10-21(34-3)19(28)13-17/h4-13,23,30H,1-3H3/b24-22+. The van der Waals surface area contributed by atoms with Crippen molar-refractivity contribution in [3.8, 4) is 11.5 Å². The number of hydrogen-bond donors (Lipinski definition) is 1. The minimum absolute atomic E-state index is 0.0805. The third-order valence-electron chi connectivity index (χ3n) is 5.63. The molecule has 1 aliphatic heterocycles. The Hall–Kier alpha value is -3.48. The van der Waals surface area contributed by atoms with Crippen LogP contribution in [0.1, 0.15) is 22.7 Å². The van der Waals surface area contributed by atoms with Gasteiger partial charge in [-0.25, -0.2) is 0 Å². The van der Waals surface area contributed by atoms with E-state index in [9.17, 15) is 14.7 Å². The van der Waals surface area contributed by atoms with Gasteiger partial charge in [-0.15, -0.1) is 0 Å². The fourth-order valence-electron chi connectivity index (χ4n) is 4.07. The number of amides is 1. The van der Waals surface area contributed by atoms with Crippen LogP contribution in [-0.2, 0) is 9.59 Å². The summed E-state index contributed by atoms with van der Waals surface area (Å²) in [7, 11) is 2.92. The molecule has 174 valence electrons. The first-order valence-electron chi connectivity index (χ1n) is 10.3. The summed E-state index contributed by atoms with van der Waals surface area (Å²) in [5.41, 5.74) is 2.09. The molecule has 1 unspecified atom stereocenters. The van der Waals surface area contributed by atoms with Gasteiger partial charge in [0.1, 0.15) is 17.3 Å². The molecule has 8 heteroatoms. The van der Waals surface area contributed by atoms with Gasteiger partial charge in [-0.1, -0.05) is 53.0 Å². The molecule has 3 aromatic rings. The summed E-state index contributed by atoms with van der Waals surface area (Å²) in [5, 5.41) is 12.0. The first-order valence-corrected chi connectivity index (χ1v) is 11.1. The Bertz CT molecular complexity index is 1330. The summed E-state index contributed by atoms with van der Waals surface area (Å²) in [5.74, 6) is -1.28. The van der Waals surface area contributed by atoms with E-state index in [1.165, 1.54) is 25.2 Å². The van der Waals surface area contributed by atoms with E-state index < -0.39 is 17.7 Å². The van der Waals surface area contributed by atoms with Gasteiger partial charge in [0.2, 0.25) is 0 Å². The first-order chi connectivity index (χ1) is 16.3. The average Bonchev–Trinajstić information content (AvgIpc) is 3.09. The molecule has 0 aromatic heterocycles. The molecule has 0 spiro atoms. The molecular weight excluding hydrogens is 477 g/mol. The lowest BCUT2D eigenvalue weighted by atomic mass is 9.94. The smallest absolute Gasteiger partial charge is 0.300 e. The van der Waals surface area contributed by atoms with Gasteiger partial charge >= 0.3 is 0 Å². The van der Waals surface area contributed by atoms with Crippen LogP contribution in [0.3, 0.4) is 0 Å². The summed E-state index contributed by atoms with van der Waals surface area (Å²) < 4.78 is 10.6. The number of anilines is 1. The van der Waals surface area contributed by atoms with Crippen molar-refractivity contribution in [1.82, 2.24) is 0 Å². The van der Waals surface area contributed by atoms with Crippen LogP contribution < -0.4 is 14.4 Å². The van der Waals surface area contributed by atoms with Crippen LogP contribution >= 0.6 is 23.2 Å². The zero-order valence-corrected chi connectivity index (χ0v) is 20.1. The van der Waals surface area contributed by atoms with Crippen LogP contribution in [0.15, 0.2) is 66.2 Å². The maximum absolute atomic E-state index is 13.3. The average molecular weight is 498 g/mol. The number of nitrogens with zero attached hydrogens (tertiary/aromatic N) is 1. The molecular formula is C26H21Cl2NO5. The number of hydrogen-bond acceptors (Lipinski definition) is 5. The van der Waals surface area contributed by atoms with Gasteiger partial charge in [-0.05, 0) is 48.9 Å². The van der Waals surface area contributed by atoms with Crippen molar-refractivity contribution in [1.29, 1.82) is 0 Å². The Morgan fingerprint density at radius 3 is 2.29 bits per heavy atom. The van der Waals surface area contributed by atoms with E-state index in [2.05, 4.69) is 0 Å². The lowest BCUT2D eigenvalue weighted by Gasteiger charge is -2.26. The molecule has 1 aliphatic rings. The number of ketones is 1. The van der Waals surface area contributed by atoms with Crippen LogP contribution in [0.25, 0.3) is 5.76 Å². The Morgan fingerprint density at radius 1 is 0.941 bits per heavy atom. The molecule has 6 nitrogen and oxygen atoms in total. The van der Waals surface area contributed by atoms with E-state index in [1.807, 2.05) is 25.1 Å². The highest BCUT2D eigenvalue weighted by Crippen LogP contribution is 2.44. The van der Waals surface area contributed by atoms with Crippen molar-refractivity contribution in [2.45, 2.75) is 13.0 Å². The zero-order valence-electron chi connectivity index (χ0n) is 18.6. The fraction of sp³-hybridized carbons (Fsp3) is 0.154. The van der Waals surface area contributed by atoms with E-state index in [-0.39, 0.29) is 21.9 Å². The van der Waals surface area contributed by atoms with Crippen LogP contribution in [0.4, 0.5) is 5.69 Å². The van der Waals surface area contributed by atoms with Gasteiger partial charge in [-0.2, -0.15) is 0 Å². The second kappa shape index (κ2) is 9.41. The Balaban J connectivity index is 1.99. The highest BCUT2D eigenvalue weighted by Gasteiger charge is 2.47. The quantitative estimate of drug-likeness (QED) is 0.268. The number of rotatable bonds is 5. The van der Waals surface area contributed by atoms with Gasteiger partial charge < -0.3 is 14.6 Å². The van der Waals surface area contributed by atoms with Gasteiger partial charge in [-0.3, -0.25) is 14.5 Å². The number of carbonyl (C=O) groups excluding carboxylic acids is 2. The van der Waals surface area contributed by atoms with Gasteiger partial charge in [0.15, 0.2) is 0 Å². The molecule has 1 N–H and O–H groups in total. The number of aliphatic hydroxyl groups is 1. The van der Waals surface area contributed by atoms with Crippen molar-refractivity contribution in [3.63, 3.8) is 0 Å². The molecule has 1 heterocycles. The molecule has 34 heavy (non-hydrogen) atoms. The summed E-state index contributed by atoms with van der Waals surface area (Å²) in [6.07, 6.45) is 0. The fourth-order valence-corrected chi connectivity index (χ4v) is 4.49. The predicted octanol–water partition coefficient (Wildman–Crippen LogP) is 5.95. The highest BCUT2D eigenvalue weighted by molar-refractivity contribution is 6.52. The summed E-state index contributed by atoms with van der Waals surface area (Å²) in [4.78, 5) is 28.0. The number of benzene rings is 3. The maximum Gasteiger partial charge on any atom is 0.300 e. The summed E-state index contributed by atoms with van der Waals surface area (Å²) >= 11 is 12.5. The maximum atomic E-state index is 13.3. The minimum Gasteiger partial charge on any atom is -0.507 e. The number of Topliss-reactive ketones (excluding diaryl/α,β-unsaturated/α-hetero) is 1. The molecule has 0 bridgehead atoms. The summed E-state index contributed by atoms with van der Waals surface area (Å²) in [6.45, 7) is 1.90. The van der Waals surface area contributed by atoms with Crippen LogP contribution in [0, 0.1) is 6.92 Å². The Morgan fingerprint density at radius 2 is 1.65 bits per heavy atom. The molecule has 0 saturated carbocycles. The Kier molecular flexibility index (Phi) is 6.55. The summed E-state index contributed by atoms with van der Waals surface area (Å²) in [6, 6.07) is 15.9. The monoisotopic (exact) mass is 497 g/mol. The van der Waals surface area contributed by atoms with Crippen molar-refractivity contribution >= 4 is 46.3 Å². The number of carbonyl (C=O) groups is 2. The first kappa shape index (κ1) is 23.7. The van der Waals surface area contributed by atoms with E-state index in [4.69, 9.17) is 32.7 Å². The SMILES string of the molecule is COc1ccc(N2C(=O)C(=O)/C(=C(/O)c3cc(Cl)ccc3OC)C2c2cccc(C)c2)cc1Cl. The molecule has 3 aromatic carbocycles. The van der Waals surface area contributed by atoms with Gasteiger partial charge in [0.05, 0.1) is 36.4 Å². The van der Waals surface area contributed by atoms with E-state index >= 15 is 0 Å². The third kappa shape index (κ3) is 4.11. The zero-order chi connectivity index (χ0) is 24.6. The lowest BCUT2D eigenvalue weighted by Crippen LogP contribution is -2.29. The van der Waals surface area contributed by atoms with E-state index in [0.29, 0.717) is 27.8 Å². The largest absolute Gasteiger partial charge is 0.507 e. The van der Waals surface area contributed by atoms with Crippen LogP contribution in [0.5, 0.6) is 11.5 Å². The molecule has 0 radical (unpaired) electrons. The number of ether oxygens (including phenoxy) is 2. The van der Waals surface area contributed by atoms with Crippen molar-refractivity contribution in [3.05, 3.63) is 93.0 Å². The highest BCUT2D eigenvalue weighted by atomic mass is 35.5. The predicted molar refractivity (Wildman–Crippen MR) is 132 cm³/mol. The third-order valence-corrected chi connectivity index (χ3v) is 6.16. The second-order valence-electron chi connectivity index (χ2n) is 7.75. The van der Waals surface area contributed by atoms with Crippen molar-refractivity contribution in [2.75, 3.05) is 19.1 Å². The molecule has 1 fully saturated rings.